The Labute approximate surface area is 96.0 Å². The Kier molecular flexibility index (Phi) is 2.64. The lowest BCUT2D eigenvalue weighted by Gasteiger charge is -2.36. The van der Waals surface area contributed by atoms with Gasteiger partial charge in [-0.05, 0) is 38.5 Å². The van der Waals surface area contributed by atoms with Crippen molar-refractivity contribution in [1.29, 1.82) is 0 Å². The summed E-state index contributed by atoms with van der Waals surface area (Å²) in [6.07, 6.45) is 6.17. The summed E-state index contributed by atoms with van der Waals surface area (Å²) in [5.74, 6) is 0.177. The van der Waals surface area contributed by atoms with Gasteiger partial charge in [-0.15, -0.1) is 0 Å². The number of rotatable bonds is 3. The summed E-state index contributed by atoms with van der Waals surface area (Å²) in [4.78, 5) is 14.1. The van der Waals surface area contributed by atoms with Crippen LogP contribution in [0.5, 0.6) is 0 Å². The summed E-state index contributed by atoms with van der Waals surface area (Å²) in [6.45, 7) is 0.540. The van der Waals surface area contributed by atoms with Gasteiger partial charge in [-0.3, -0.25) is 9.69 Å². The standard InChI is InChI=1S/C12H20N2O2/c15-11-5-9-3-4-10(6-11)14(9)7-12(16)13-8-1-2-8/h8-11,15H,1-7H2,(H,13,16)/t9-,10-/m0/s1. The first-order valence-corrected chi connectivity index (χ1v) is 6.45. The van der Waals surface area contributed by atoms with E-state index in [1.807, 2.05) is 0 Å². The smallest absolute Gasteiger partial charge is 0.234 e. The number of piperidine rings is 1. The van der Waals surface area contributed by atoms with Crippen LogP contribution in [0.1, 0.15) is 38.5 Å². The summed E-state index contributed by atoms with van der Waals surface area (Å²) in [5.41, 5.74) is 0. The highest BCUT2D eigenvalue weighted by Crippen LogP contribution is 2.35. The molecule has 0 aromatic heterocycles. The Morgan fingerprint density at radius 1 is 1.19 bits per heavy atom. The van der Waals surface area contributed by atoms with Gasteiger partial charge < -0.3 is 10.4 Å². The minimum atomic E-state index is -0.139. The number of carbonyl (C=O) groups excluding carboxylic acids is 1. The molecule has 0 radical (unpaired) electrons. The lowest BCUT2D eigenvalue weighted by atomic mass is 10.00. The van der Waals surface area contributed by atoms with Gasteiger partial charge in [0.25, 0.3) is 0 Å². The molecule has 0 spiro atoms. The van der Waals surface area contributed by atoms with Crippen LogP contribution in [0.25, 0.3) is 0 Å². The van der Waals surface area contributed by atoms with E-state index in [0.717, 1.165) is 38.5 Å². The molecule has 4 heteroatoms. The molecular weight excluding hydrogens is 204 g/mol. The molecule has 2 aliphatic heterocycles. The van der Waals surface area contributed by atoms with Crippen LogP contribution < -0.4 is 5.32 Å². The molecule has 1 saturated carbocycles. The quantitative estimate of drug-likeness (QED) is 0.722. The number of hydrogen-bond acceptors (Lipinski definition) is 3. The second kappa shape index (κ2) is 4.00. The van der Waals surface area contributed by atoms with Crippen molar-refractivity contribution in [2.75, 3.05) is 6.54 Å². The number of hydrogen-bond donors (Lipinski definition) is 2. The Hall–Kier alpha value is -0.610. The topological polar surface area (TPSA) is 52.6 Å². The van der Waals surface area contributed by atoms with Gasteiger partial charge in [0.15, 0.2) is 0 Å². The van der Waals surface area contributed by atoms with Crippen molar-refractivity contribution < 1.29 is 9.90 Å². The van der Waals surface area contributed by atoms with E-state index in [2.05, 4.69) is 10.2 Å². The van der Waals surface area contributed by atoms with E-state index in [9.17, 15) is 9.90 Å². The summed E-state index contributed by atoms with van der Waals surface area (Å²) in [5, 5.41) is 12.7. The van der Waals surface area contributed by atoms with Gasteiger partial charge in [0.1, 0.15) is 0 Å². The second-order valence-corrected chi connectivity index (χ2v) is 5.52. The highest BCUT2D eigenvalue weighted by Gasteiger charge is 2.41. The van der Waals surface area contributed by atoms with Crippen LogP contribution >= 0.6 is 0 Å². The summed E-state index contributed by atoms with van der Waals surface area (Å²) in [7, 11) is 0. The fraction of sp³-hybridized carbons (Fsp3) is 0.917. The Morgan fingerprint density at radius 2 is 1.81 bits per heavy atom. The molecule has 3 fully saturated rings. The molecule has 0 aromatic rings. The third-order valence-electron chi connectivity index (χ3n) is 4.13. The van der Waals surface area contributed by atoms with E-state index in [1.54, 1.807) is 0 Å². The molecule has 3 rings (SSSR count). The van der Waals surface area contributed by atoms with Crippen molar-refractivity contribution in [2.24, 2.45) is 0 Å². The van der Waals surface area contributed by atoms with Crippen molar-refractivity contribution in [3.63, 3.8) is 0 Å². The molecule has 2 bridgehead atoms. The minimum Gasteiger partial charge on any atom is -0.393 e. The van der Waals surface area contributed by atoms with Gasteiger partial charge >= 0.3 is 0 Å². The number of nitrogens with one attached hydrogen (secondary N) is 1. The maximum absolute atomic E-state index is 11.7. The molecule has 2 atom stereocenters. The van der Waals surface area contributed by atoms with Crippen molar-refractivity contribution in [2.45, 2.75) is 62.8 Å². The van der Waals surface area contributed by atoms with E-state index in [1.165, 1.54) is 0 Å². The zero-order valence-corrected chi connectivity index (χ0v) is 9.56. The van der Waals surface area contributed by atoms with E-state index in [-0.39, 0.29) is 12.0 Å². The lowest BCUT2D eigenvalue weighted by molar-refractivity contribution is -0.124. The molecule has 16 heavy (non-hydrogen) atoms. The predicted molar refractivity (Wildman–Crippen MR) is 59.9 cm³/mol. The van der Waals surface area contributed by atoms with Gasteiger partial charge in [-0.2, -0.15) is 0 Å². The lowest BCUT2D eigenvalue weighted by Crippen LogP contribution is -2.49. The zero-order valence-electron chi connectivity index (χ0n) is 9.56. The molecule has 2 heterocycles. The van der Waals surface area contributed by atoms with Gasteiger partial charge in [0.05, 0.1) is 12.6 Å². The van der Waals surface area contributed by atoms with Gasteiger partial charge in [0.2, 0.25) is 5.91 Å². The van der Waals surface area contributed by atoms with Crippen molar-refractivity contribution in [3.05, 3.63) is 0 Å². The van der Waals surface area contributed by atoms with Crippen LogP contribution in [0.4, 0.5) is 0 Å². The van der Waals surface area contributed by atoms with E-state index >= 15 is 0 Å². The van der Waals surface area contributed by atoms with Crippen molar-refractivity contribution in [1.82, 2.24) is 10.2 Å². The Balaban J connectivity index is 1.56. The first-order valence-electron chi connectivity index (χ1n) is 6.45. The van der Waals surface area contributed by atoms with Crippen molar-refractivity contribution >= 4 is 5.91 Å². The fourth-order valence-corrected chi connectivity index (χ4v) is 3.17. The van der Waals surface area contributed by atoms with E-state index < -0.39 is 0 Å². The van der Waals surface area contributed by atoms with E-state index in [0.29, 0.717) is 24.7 Å². The molecule has 3 aliphatic rings. The monoisotopic (exact) mass is 224 g/mol. The molecule has 90 valence electrons. The first kappa shape index (κ1) is 10.5. The van der Waals surface area contributed by atoms with Crippen LogP contribution in [0, 0.1) is 0 Å². The van der Waals surface area contributed by atoms with Gasteiger partial charge in [-0.1, -0.05) is 0 Å². The Morgan fingerprint density at radius 3 is 2.38 bits per heavy atom. The van der Waals surface area contributed by atoms with Crippen LogP contribution in [-0.2, 0) is 4.79 Å². The van der Waals surface area contributed by atoms with Crippen LogP contribution in [-0.4, -0.2) is 46.7 Å². The zero-order chi connectivity index (χ0) is 11.1. The molecule has 0 unspecified atom stereocenters. The first-order chi connectivity index (χ1) is 7.72. The number of aliphatic hydroxyl groups excluding tert-OH is 1. The molecule has 2 saturated heterocycles. The van der Waals surface area contributed by atoms with E-state index in [4.69, 9.17) is 0 Å². The maximum Gasteiger partial charge on any atom is 0.234 e. The molecule has 4 nitrogen and oxygen atoms in total. The summed E-state index contributed by atoms with van der Waals surface area (Å²) < 4.78 is 0. The third kappa shape index (κ3) is 2.09. The van der Waals surface area contributed by atoms with Crippen LogP contribution in [0.2, 0.25) is 0 Å². The number of nitrogens with zero attached hydrogens (tertiary/aromatic N) is 1. The van der Waals surface area contributed by atoms with Crippen LogP contribution in [0.3, 0.4) is 0 Å². The SMILES string of the molecule is O=C(CN1[C@H]2CC[C@H]1CC(O)C2)NC1CC1. The normalized spacial score (nSPS) is 38.7. The highest BCUT2D eigenvalue weighted by atomic mass is 16.3. The molecule has 0 aromatic carbocycles. The van der Waals surface area contributed by atoms with Gasteiger partial charge in [0, 0.05) is 18.1 Å². The number of aliphatic hydroxyl groups is 1. The second-order valence-electron chi connectivity index (χ2n) is 5.52. The molecule has 2 N–H and O–H groups in total. The maximum atomic E-state index is 11.7. The molecular formula is C12H20N2O2. The average Bonchev–Trinajstić information content (AvgIpc) is 2.98. The third-order valence-corrected chi connectivity index (χ3v) is 4.13. The summed E-state index contributed by atoms with van der Waals surface area (Å²) >= 11 is 0. The minimum absolute atomic E-state index is 0.139. The average molecular weight is 224 g/mol. The highest BCUT2D eigenvalue weighted by molar-refractivity contribution is 5.78. The number of fused-ring (bicyclic) bond motifs is 2. The predicted octanol–water partition coefficient (Wildman–Crippen LogP) is 0.253. The molecule has 1 aliphatic carbocycles. The number of amides is 1. The number of carbonyl (C=O) groups is 1. The van der Waals surface area contributed by atoms with Crippen LogP contribution in [0.15, 0.2) is 0 Å². The van der Waals surface area contributed by atoms with Gasteiger partial charge in [-0.25, -0.2) is 0 Å². The molecule has 1 amide bonds. The van der Waals surface area contributed by atoms with Crippen molar-refractivity contribution in [3.8, 4) is 0 Å². The Bertz CT molecular complexity index is 277. The summed E-state index contributed by atoms with van der Waals surface area (Å²) in [6, 6.07) is 1.35. The fourth-order valence-electron chi connectivity index (χ4n) is 3.17. The largest absolute Gasteiger partial charge is 0.393 e.